The van der Waals surface area contributed by atoms with Crippen LogP contribution in [-0.4, -0.2) is 15.0 Å². The summed E-state index contributed by atoms with van der Waals surface area (Å²) in [5, 5.41) is 20.1. The Labute approximate surface area is 117 Å². The maximum Gasteiger partial charge on any atom is 0.330 e. The van der Waals surface area contributed by atoms with Crippen LogP contribution in [-0.2, 0) is 6.61 Å². The summed E-state index contributed by atoms with van der Waals surface area (Å²) in [7, 11) is 0. The molecule has 1 heterocycles. The van der Waals surface area contributed by atoms with E-state index in [1.165, 1.54) is 6.20 Å². The molecule has 0 unspecified atom stereocenters. The molecule has 0 radical (unpaired) electrons. The van der Waals surface area contributed by atoms with Crippen LogP contribution >= 0.6 is 15.9 Å². The first kappa shape index (κ1) is 13.4. The summed E-state index contributed by atoms with van der Waals surface area (Å²) in [5.74, 6) is 0.418. The van der Waals surface area contributed by atoms with Gasteiger partial charge in [0, 0.05) is 11.8 Å². The third-order valence-corrected chi connectivity index (χ3v) is 2.95. The fourth-order valence-corrected chi connectivity index (χ4v) is 1.89. The number of nitrogens with zero attached hydrogens (tertiary/aromatic N) is 2. The number of aliphatic hydroxyl groups is 1. The van der Waals surface area contributed by atoms with Crippen LogP contribution < -0.4 is 4.74 Å². The number of rotatable bonds is 4. The van der Waals surface area contributed by atoms with Gasteiger partial charge in [0.1, 0.15) is 11.9 Å². The quantitative estimate of drug-likeness (QED) is 0.690. The fourth-order valence-electron chi connectivity index (χ4n) is 1.49. The molecule has 98 valence electrons. The molecule has 1 N–H and O–H groups in total. The summed E-state index contributed by atoms with van der Waals surface area (Å²) >= 11 is 3.16. The van der Waals surface area contributed by atoms with Crippen LogP contribution in [0.4, 0.5) is 5.69 Å². The molecule has 0 amide bonds. The van der Waals surface area contributed by atoms with Gasteiger partial charge in [0.05, 0.1) is 16.0 Å². The average molecular weight is 325 g/mol. The molecule has 0 aliphatic heterocycles. The van der Waals surface area contributed by atoms with E-state index in [1.807, 2.05) is 0 Å². The van der Waals surface area contributed by atoms with Gasteiger partial charge in [-0.1, -0.05) is 18.2 Å². The molecule has 1 aromatic heterocycles. The van der Waals surface area contributed by atoms with Crippen molar-refractivity contribution in [2.24, 2.45) is 0 Å². The average Bonchev–Trinajstić information content (AvgIpc) is 2.41. The van der Waals surface area contributed by atoms with Gasteiger partial charge in [-0.05, 0) is 22.0 Å². The van der Waals surface area contributed by atoms with E-state index in [9.17, 15) is 15.2 Å². The highest BCUT2D eigenvalue weighted by Crippen LogP contribution is 2.38. The zero-order chi connectivity index (χ0) is 13.8. The van der Waals surface area contributed by atoms with Crippen LogP contribution in [0.5, 0.6) is 11.5 Å². The smallest absolute Gasteiger partial charge is 0.330 e. The molecule has 2 rings (SSSR count). The van der Waals surface area contributed by atoms with E-state index in [0.717, 1.165) is 6.20 Å². The van der Waals surface area contributed by atoms with Crippen molar-refractivity contribution in [2.45, 2.75) is 6.61 Å². The predicted molar refractivity (Wildman–Crippen MR) is 71.0 cm³/mol. The van der Waals surface area contributed by atoms with Gasteiger partial charge in [0.15, 0.2) is 0 Å². The Balaban J connectivity index is 2.46. The summed E-state index contributed by atoms with van der Waals surface area (Å²) in [6.07, 6.45) is 2.52. The van der Waals surface area contributed by atoms with Crippen LogP contribution in [0.3, 0.4) is 0 Å². The molecule has 0 spiro atoms. The van der Waals surface area contributed by atoms with Gasteiger partial charge in [0.2, 0.25) is 5.75 Å². The predicted octanol–water partition coefficient (Wildman–Crippen LogP) is 3.04. The topological polar surface area (TPSA) is 85.5 Å². The number of benzene rings is 1. The van der Waals surface area contributed by atoms with Crippen LogP contribution in [0.15, 0.2) is 41.1 Å². The van der Waals surface area contributed by atoms with E-state index < -0.39 is 4.92 Å². The van der Waals surface area contributed by atoms with Crippen LogP contribution in [0, 0.1) is 10.1 Å². The molecular formula is C12H9BrN2O4. The van der Waals surface area contributed by atoms with Gasteiger partial charge >= 0.3 is 5.69 Å². The van der Waals surface area contributed by atoms with Gasteiger partial charge in [0.25, 0.3) is 0 Å². The third-order valence-electron chi connectivity index (χ3n) is 2.39. The van der Waals surface area contributed by atoms with Gasteiger partial charge in [-0.3, -0.25) is 15.1 Å². The van der Waals surface area contributed by atoms with Crippen molar-refractivity contribution in [2.75, 3.05) is 0 Å². The normalized spacial score (nSPS) is 10.2. The first-order valence-electron chi connectivity index (χ1n) is 5.28. The molecule has 0 atom stereocenters. The number of halogens is 1. The fraction of sp³-hybridized carbons (Fsp3) is 0.0833. The minimum absolute atomic E-state index is 0.0564. The third kappa shape index (κ3) is 2.88. The van der Waals surface area contributed by atoms with Crippen molar-refractivity contribution in [3.8, 4) is 11.5 Å². The number of ether oxygens (including phenoxy) is 1. The van der Waals surface area contributed by atoms with Crippen molar-refractivity contribution in [3.63, 3.8) is 0 Å². The zero-order valence-electron chi connectivity index (χ0n) is 9.62. The lowest BCUT2D eigenvalue weighted by atomic mass is 10.2. The molecule has 0 saturated carbocycles. The summed E-state index contributed by atoms with van der Waals surface area (Å²) in [5.41, 5.74) is 0.294. The van der Waals surface area contributed by atoms with Crippen LogP contribution in [0.2, 0.25) is 0 Å². The van der Waals surface area contributed by atoms with E-state index in [-0.39, 0.29) is 18.0 Å². The molecule has 19 heavy (non-hydrogen) atoms. The minimum Gasteiger partial charge on any atom is -0.448 e. The van der Waals surface area contributed by atoms with Crippen molar-refractivity contribution >= 4 is 21.6 Å². The van der Waals surface area contributed by atoms with Crippen molar-refractivity contribution in [1.82, 2.24) is 4.98 Å². The molecule has 0 aliphatic carbocycles. The summed E-state index contributed by atoms with van der Waals surface area (Å²) in [6.45, 7) is -0.216. The lowest BCUT2D eigenvalue weighted by Crippen LogP contribution is -1.97. The zero-order valence-corrected chi connectivity index (χ0v) is 11.2. The Morgan fingerprint density at radius 1 is 1.37 bits per heavy atom. The molecule has 2 aromatic rings. The van der Waals surface area contributed by atoms with Crippen molar-refractivity contribution in [3.05, 3.63) is 56.8 Å². The Morgan fingerprint density at radius 3 is 2.79 bits per heavy atom. The highest BCUT2D eigenvalue weighted by atomic mass is 79.9. The molecule has 0 bridgehead atoms. The molecule has 1 aromatic carbocycles. The Morgan fingerprint density at radius 2 is 2.11 bits per heavy atom. The summed E-state index contributed by atoms with van der Waals surface area (Å²) in [6, 6.07) is 6.77. The second-order valence-corrected chi connectivity index (χ2v) is 4.45. The van der Waals surface area contributed by atoms with E-state index in [4.69, 9.17) is 4.74 Å². The van der Waals surface area contributed by atoms with Crippen LogP contribution in [0.25, 0.3) is 0 Å². The monoisotopic (exact) mass is 324 g/mol. The summed E-state index contributed by atoms with van der Waals surface area (Å²) < 4.78 is 5.90. The number of aromatic nitrogens is 1. The first-order valence-corrected chi connectivity index (χ1v) is 6.07. The van der Waals surface area contributed by atoms with Crippen molar-refractivity contribution < 1.29 is 14.8 Å². The Kier molecular flexibility index (Phi) is 4.08. The maximum atomic E-state index is 10.9. The lowest BCUT2D eigenvalue weighted by molar-refractivity contribution is -0.386. The Hall–Kier alpha value is -1.99. The molecule has 0 fully saturated rings. The van der Waals surface area contributed by atoms with Crippen LogP contribution in [0.1, 0.15) is 5.56 Å². The van der Waals surface area contributed by atoms with E-state index >= 15 is 0 Å². The highest BCUT2D eigenvalue weighted by molar-refractivity contribution is 9.10. The molecule has 0 aliphatic rings. The van der Waals surface area contributed by atoms with E-state index in [0.29, 0.717) is 15.8 Å². The lowest BCUT2D eigenvalue weighted by Gasteiger charge is -2.10. The second-order valence-electron chi connectivity index (χ2n) is 3.59. The molecule has 6 nitrogen and oxygen atoms in total. The molecular weight excluding hydrogens is 316 g/mol. The number of hydrogen-bond acceptors (Lipinski definition) is 5. The van der Waals surface area contributed by atoms with Gasteiger partial charge in [-0.15, -0.1) is 0 Å². The van der Waals surface area contributed by atoms with E-state index in [2.05, 4.69) is 20.9 Å². The number of hydrogen-bond donors (Lipinski definition) is 1. The van der Waals surface area contributed by atoms with Crippen molar-refractivity contribution in [1.29, 1.82) is 0 Å². The minimum atomic E-state index is -0.575. The van der Waals surface area contributed by atoms with Gasteiger partial charge < -0.3 is 9.84 Å². The number of para-hydroxylation sites is 1. The summed E-state index contributed by atoms with van der Waals surface area (Å²) in [4.78, 5) is 14.1. The molecule has 7 heteroatoms. The first-order chi connectivity index (χ1) is 9.13. The SMILES string of the molecule is O=[N+]([O-])c1cncc(Br)c1Oc1ccccc1CO. The largest absolute Gasteiger partial charge is 0.448 e. The number of nitro groups is 1. The number of pyridine rings is 1. The maximum absolute atomic E-state index is 10.9. The van der Waals surface area contributed by atoms with Gasteiger partial charge in [-0.25, -0.2) is 0 Å². The van der Waals surface area contributed by atoms with E-state index in [1.54, 1.807) is 24.3 Å². The highest BCUT2D eigenvalue weighted by Gasteiger charge is 2.20. The standard InChI is InChI=1S/C12H9BrN2O4/c13-9-5-14-6-10(15(17)18)12(9)19-11-4-2-1-3-8(11)7-16/h1-6,16H,7H2. The van der Waals surface area contributed by atoms with Gasteiger partial charge in [-0.2, -0.15) is 0 Å². The number of aliphatic hydroxyl groups excluding tert-OH is 1. The second kappa shape index (κ2) is 5.77. The Bertz CT molecular complexity index is 618. The molecule has 0 saturated heterocycles.